The smallest absolute Gasteiger partial charge is 0.319 e. The van der Waals surface area contributed by atoms with E-state index in [4.69, 9.17) is 4.74 Å². The number of carbonyl (C=O) groups excluding carboxylic acids is 1. The first-order valence-electron chi connectivity index (χ1n) is 6.82. The van der Waals surface area contributed by atoms with Gasteiger partial charge in [-0.05, 0) is 32.1 Å². The Bertz CT molecular complexity index is 413. The summed E-state index contributed by atoms with van der Waals surface area (Å²) in [6.07, 6.45) is 7.10. The number of aromatic nitrogens is 2. The van der Waals surface area contributed by atoms with Crippen molar-refractivity contribution in [3.63, 3.8) is 0 Å². The zero-order valence-corrected chi connectivity index (χ0v) is 11.6. The topological polar surface area (TPSA) is 68.2 Å². The van der Waals surface area contributed by atoms with Crippen LogP contribution in [-0.2, 0) is 11.8 Å². The van der Waals surface area contributed by atoms with Crippen molar-refractivity contribution in [3.05, 3.63) is 12.4 Å². The molecule has 106 valence electrons. The first-order valence-corrected chi connectivity index (χ1v) is 6.82. The number of amides is 2. The maximum absolute atomic E-state index is 11.6. The Morgan fingerprint density at radius 1 is 1.58 bits per heavy atom. The van der Waals surface area contributed by atoms with E-state index in [1.165, 1.54) is 0 Å². The van der Waals surface area contributed by atoms with E-state index in [0.29, 0.717) is 24.3 Å². The summed E-state index contributed by atoms with van der Waals surface area (Å²) < 4.78 is 7.16. The zero-order chi connectivity index (χ0) is 13.7. The maximum Gasteiger partial charge on any atom is 0.319 e. The quantitative estimate of drug-likeness (QED) is 0.824. The van der Waals surface area contributed by atoms with Crippen LogP contribution in [0.25, 0.3) is 0 Å². The van der Waals surface area contributed by atoms with Gasteiger partial charge in [0.2, 0.25) is 0 Å². The van der Waals surface area contributed by atoms with Crippen LogP contribution in [-0.4, -0.2) is 35.1 Å². The Labute approximate surface area is 113 Å². The molecule has 0 unspecified atom stereocenters. The molecule has 6 nitrogen and oxygen atoms in total. The third-order valence-corrected chi connectivity index (χ3v) is 3.40. The predicted molar refractivity (Wildman–Crippen MR) is 73.0 cm³/mol. The average Bonchev–Trinajstić information content (AvgIpc) is 2.71. The van der Waals surface area contributed by atoms with Crippen molar-refractivity contribution < 1.29 is 9.53 Å². The zero-order valence-electron chi connectivity index (χ0n) is 11.6. The fraction of sp³-hybridized carbons (Fsp3) is 0.692. The van der Waals surface area contributed by atoms with Crippen LogP contribution in [0.5, 0.6) is 0 Å². The summed E-state index contributed by atoms with van der Waals surface area (Å²) >= 11 is 0. The molecular formula is C13H22N4O2. The molecule has 1 fully saturated rings. The Kier molecular flexibility index (Phi) is 4.79. The van der Waals surface area contributed by atoms with Gasteiger partial charge in [0.15, 0.2) is 0 Å². The molecule has 1 saturated carbocycles. The Morgan fingerprint density at radius 2 is 2.37 bits per heavy atom. The molecule has 0 aliphatic heterocycles. The van der Waals surface area contributed by atoms with Crippen molar-refractivity contribution >= 4 is 11.7 Å². The largest absolute Gasteiger partial charge is 0.378 e. The molecule has 0 spiro atoms. The van der Waals surface area contributed by atoms with Crippen LogP contribution >= 0.6 is 0 Å². The summed E-state index contributed by atoms with van der Waals surface area (Å²) in [6, 6.07) is -0.173. The monoisotopic (exact) mass is 266 g/mol. The number of nitrogens with zero attached hydrogens (tertiary/aromatic N) is 2. The second kappa shape index (κ2) is 6.56. The highest BCUT2D eigenvalue weighted by molar-refractivity contribution is 5.88. The Hall–Kier alpha value is -1.56. The fourth-order valence-electron chi connectivity index (χ4n) is 2.33. The Balaban J connectivity index is 1.55. The van der Waals surface area contributed by atoms with Gasteiger partial charge in [-0.2, -0.15) is 5.10 Å². The summed E-state index contributed by atoms with van der Waals surface area (Å²) in [5.41, 5.74) is 0.708. The van der Waals surface area contributed by atoms with Gasteiger partial charge in [0.05, 0.1) is 18.0 Å². The molecule has 2 rings (SSSR count). The molecule has 1 aliphatic carbocycles. The Morgan fingerprint density at radius 3 is 3.00 bits per heavy atom. The van der Waals surface area contributed by atoms with Crippen LogP contribution in [0.4, 0.5) is 10.5 Å². The van der Waals surface area contributed by atoms with Crippen LogP contribution in [0.15, 0.2) is 12.4 Å². The lowest BCUT2D eigenvalue weighted by atomic mass is 9.80. The lowest BCUT2D eigenvalue weighted by Gasteiger charge is -2.34. The minimum atomic E-state index is -0.173. The SMILES string of the molecule is CCOC1CC(CCNC(=O)Nc2cnn(C)c2)C1. The van der Waals surface area contributed by atoms with E-state index in [0.717, 1.165) is 25.9 Å². The van der Waals surface area contributed by atoms with E-state index < -0.39 is 0 Å². The number of urea groups is 1. The van der Waals surface area contributed by atoms with Crippen molar-refractivity contribution in [2.75, 3.05) is 18.5 Å². The predicted octanol–water partition coefficient (Wildman–Crippen LogP) is 1.75. The molecule has 1 aromatic heterocycles. The number of aryl methyl sites for hydroxylation is 1. The lowest BCUT2D eigenvalue weighted by Crippen LogP contribution is -2.35. The van der Waals surface area contributed by atoms with Crippen molar-refractivity contribution in [1.82, 2.24) is 15.1 Å². The van der Waals surface area contributed by atoms with Gasteiger partial charge >= 0.3 is 6.03 Å². The van der Waals surface area contributed by atoms with Gasteiger partial charge in [-0.15, -0.1) is 0 Å². The normalized spacial score (nSPS) is 21.8. The summed E-state index contributed by atoms with van der Waals surface area (Å²) in [7, 11) is 1.81. The molecule has 0 aromatic carbocycles. The third-order valence-electron chi connectivity index (χ3n) is 3.40. The summed E-state index contributed by atoms with van der Waals surface area (Å²) in [5, 5.41) is 9.59. The number of rotatable bonds is 6. The van der Waals surface area contributed by atoms with E-state index >= 15 is 0 Å². The fourth-order valence-corrected chi connectivity index (χ4v) is 2.33. The minimum absolute atomic E-state index is 0.173. The van der Waals surface area contributed by atoms with Gasteiger partial charge < -0.3 is 15.4 Å². The standard InChI is InChI=1S/C13H22N4O2/c1-3-19-12-6-10(7-12)4-5-14-13(18)16-11-8-15-17(2)9-11/h8-10,12H,3-7H2,1-2H3,(H2,14,16,18). The molecule has 19 heavy (non-hydrogen) atoms. The van der Waals surface area contributed by atoms with Crippen molar-refractivity contribution in [3.8, 4) is 0 Å². The highest BCUT2D eigenvalue weighted by atomic mass is 16.5. The number of nitrogens with one attached hydrogen (secondary N) is 2. The van der Waals surface area contributed by atoms with Gasteiger partial charge in [-0.3, -0.25) is 4.68 Å². The highest BCUT2D eigenvalue weighted by Gasteiger charge is 2.28. The van der Waals surface area contributed by atoms with E-state index in [9.17, 15) is 4.79 Å². The van der Waals surface area contributed by atoms with E-state index in [-0.39, 0.29) is 6.03 Å². The summed E-state index contributed by atoms with van der Waals surface area (Å²) in [5.74, 6) is 0.690. The van der Waals surface area contributed by atoms with Crippen LogP contribution in [0, 0.1) is 5.92 Å². The van der Waals surface area contributed by atoms with Crippen molar-refractivity contribution in [2.45, 2.75) is 32.3 Å². The average molecular weight is 266 g/mol. The molecule has 2 N–H and O–H groups in total. The number of carbonyl (C=O) groups is 1. The van der Waals surface area contributed by atoms with Crippen LogP contribution < -0.4 is 10.6 Å². The number of anilines is 1. The van der Waals surface area contributed by atoms with Gasteiger partial charge in [-0.1, -0.05) is 0 Å². The third kappa shape index (κ3) is 4.24. The molecule has 6 heteroatoms. The van der Waals surface area contributed by atoms with Crippen molar-refractivity contribution in [2.24, 2.45) is 13.0 Å². The van der Waals surface area contributed by atoms with Gasteiger partial charge in [0.25, 0.3) is 0 Å². The van der Waals surface area contributed by atoms with Crippen LogP contribution in [0.2, 0.25) is 0 Å². The minimum Gasteiger partial charge on any atom is -0.378 e. The molecule has 0 saturated heterocycles. The summed E-state index contributed by atoms with van der Waals surface area (Å²) in [6.45, 7) is 3.52. The highest BCUT2D eigenvalue weighted by Crippen LogP contribution is 2.32. The van der Waals surface area contributed by atoms with E-state index in [2.05, 4.69) is 15.7 Å². The molecule has 1 aliphatic rings. The molecule has 1 heterocycles. The van der Waals surface area contributed by atoms with Gasteiger partial charge in [0, 0.05) is 26.4 Å². The molecule has 0 bridgehead atoms. The number of ether oxygens (including phenoxy) is 1. The van der Waals surface area contributed by atoms with Crippen LogP contribution in [0.3, 0.4) is 0 Å². The van der Waals surface area contributed by atoms with E-state index in [1.54, 1.807) is 17.1 Å². The molecular weight excluding hydrogens is 244 g/mol. The first kappa shape index (κ1) is 13.9. The first-order chi connectivity index (χ1) is 9.17. The molecule has 1 aromatic rings. The lowest BCUT2D eigenvalue weighted by molar-refractivity contribution is -0.0261. The number of hydrogen-bond donors (Lipinski definition) is 2. The molecule has 2 amide bonds. The summed E-state index contributed by atoms with van der Waals surface area (Å²) in [4.78, 5) is 11.6. The van der Waals surface area contributed by atoms with Gasteiger partial charge in [-0.25, -0.2) is 4.79 Å². The second-order valence-electron chi connectivity index (χ2n) is 4.99. The van der Waals surface area contributed by atoms with Gasteiger partial charge in [0.1, 0.15) is 0 Å². The number of hydrogen-bond acceptors (Lipinski definition) is 3. The van der Waals surface area contributed by atoms with E-state index in [1.807, 2.05) is 14.0 Å². The van der Waals surface area contributed by atoms with Crippen LogP contribution in [0.1, 0.15) is 26.2 Å². The second-order valence-corrected chi connectivity index (χ2v) is 4.99. The maximum atomic E-state index is 11.6. The molecule has 0 radical (unpaired) electrons. The molecule has 0 atom stereocenters. The van der Waals surface area contributed by atoms with Crippen molar-refractivity contribution in [1.29, 1.82) is 0 Å².